The summed E-state index contributed by atoms with van der Waals surface area (Å²) in [5.41, 5.74) is 5.74. The Morgan fingerprint density at radius 3 is 2.78 bits per heavy atom. The molecule has 1 saturated carbocycles. The number of nitrogens with one attached hydrogen (secondary N) is 1. The number of hydrogen-bond acceptors (Lipinski definition) is 4. The lowest BCUT2D eigenvalue weighted by molar-refractivity contribution is -0.122. The molecule has 0 heterocycles. The molecule has 1 unspecified atom stereocenters. The molecule has 0 aromatic heterocycles. The standard InChI is InChI=1S/C13H27N3O2/c1-16(11-5-3-4-6-11)9-8-15-13(17)12(14)7-10-18-2/h11-12H,3-10,14H2,1-2H3,(H,15,17). The Hall–Kier alpha value is -0.650. The molecule has 1 atom stereocenters. The van der Waals surface area contributed by atoms with Gasteiger partial charge in [0.2, 0.25) is 5.91 Å². The van der Waals surface area contributed by atoms with Crippen molar-refractivity contribution in [1.29, 1.82) is 0 Å². The lowest BCUT2D eigenvalue weighted by atomic mass is 10.2. The Bertz CT molecular complexity index is 242. The van der Waals surface area contributed by atoms with Gasteiger partial charge in [0.15, 0.2) is 0 Å². The highest BCUT2D eigenvalue weighted by Gasteiger charge is 2.19. The summed E-state index contributed by atoms with van der Waals surface area (Å²) in [5.74, 6) is -0.0770. The fourth-order valence-electron chi connectivity index (χ4n) is 2.39. The maximum Gasteiger partial charge on any atom is 0.237 e. The third-order valence-electron chi connectivity index (χ3n) is 3.68. The zero-order chi connectivity index (χ0) is 13.4. The predicted octanol–water partition coefficient (Wildman–Crippen LogP) is 0.341. The van der Waals surface area contributed by atoms with Crippen molar-refractivity contribution < 1.29 is 9.53 Å². The molecular formula is C13H27N3O2. The van der Waals surface area contributed by atoms with Gasteiger partial charge in [0.1, 0.15) is 0 Å². The van der Waals surface area contributed by atoms with E-state index < -0.39 is 6.04 Å². The van der Waals surface area contributed by atoms with Crippen LogP contribution in [0.15, 0.2) is 0 Å². The Morgan fingerprint density at radius 2 is 2.17 bits per heavy atom. The number of ether oxygens (including phenoxy) is 1. The quantitative estimate of drug-likeness (QED) is 0.658. The van der Waals surface area contributed by atoms with Crippen LogP contribution in [0.1, 0.15) is 32.1 Å². The molecule has 1 rings (SSSR count). The molecule has 1 amide bonds. The van der Waals surface area contributed by atoms with Gasteiger partial charge in [-0.1, -0.05) is 12.8 Å². The molecule has 5 heteroatoms. The number of likely N-dealkylation sites (N-methyl/N-ethyl adjacent to an activating group) is 1. The van der Waals surface area contributed by atoms with Crippen LogP contribution >= 0.6 is 0 Å². The maximum absolute atomic E-state index is 11.6. The lowest BCUT2D eigenvalue weighted by Crippen LogP contribution is -2.44. The van der Waals surface area contributed by atoms with Gasteiger partial charge in [-0.05, 0) is 26.3 Å². The van der Waals surface area contributed by atoms with E-state index in [1.54, 1.807) is 7.11 Å². The van der Waals surface area contributed by atoms with Crippen molar-refractivity contribution in [3.05, 3.63) is 0 Å². The van der Waals surface area contributed by atoms with Crippen molar-refractivity contribution in [3.63, 3.8) is 0 Å². The number of rotatable bonds is 8. The van der Waals surface area contributed by atoms with Crippen LogP contribution in [0, 0.1) is 0 Å². The minimum Gasteiger partial charge on any atom is -0.385 e. The Labute approximate surface area is 110 Å². The summed E-state index contributed by atoms with van der Waals surface area (Å²) in [6.07, 6.45) is 5.82. The van der Waals surface area contributed by atoms with E-state index in [1.807, 2.05) is 0 Å². The molecule has 0 radical (unpaired) electrons. The third kappa shape index (κ3) is 5.33. The molecule has 1 fully saturated rings. The number of nitrogens with zero attached hydrogens (tertiary/aromatic N) is 1. The minimum atomic E-state index is -0.457. The second-order valence-corrected chi connectivity index (χ2v) is 5.10. The third-order valence-corrected chi connectivity index (χ3v) is 3.68. The molecule has 0 aliphatic heterocycles. The summed E-state index contributed by atoms with van der Waals surface area (Å²) in [5, 5.41) is 2.88. The summed E-state index contributed by atoms with van der Waals surface area (Å²) in [4.78, 5) is 14.0. The number of methoxy groups -OCH3 is 1. The van der Waals surface area contributed by atoms with E-state index in [-0.39, 0.29) is 5.91 Å². The fourth-order valence-corrected chi connectivity index (χ4v) is 2.39. The molecule has 106 valence electrons. The van der Waals surface area contributed by atoms with Gasteiger partial charge in [-0.15, -0.1) is 0 Å². The van der Waals surface area contributed by atoms with Crippen LogP contribution in [0.25, 0.3) is 0 Å². The lowest BCUT2D eigenvalue weighted by Gasteiger charge is -2.24. The van der Waals surface area contributed by atoms with Crippen molar-refractivity contribution in [3.8, 4) is 0 Å². The Morgan fingerprint density at radius 1 is 1.50 bits per heavy atom. The summed E-state index contributed by atoms with van der Waals surface area (Å²) in [6.45, 7) is 2.09. The number of nitrogens with two attached hydrogens (primary N) is 1. The molecule has 1 aliphatic carbocycles. The number of amides is 1. The van der Waals surface area contributed by atoms with E-state index >= 15 is 0 Å². The molecule has 0 saturated heterocycles. The zero-order valence-corrected chi connectivity index (χ0v) is 11.7. The molecule has 3 N–H and O–H groups in total. The van der Waals surface area contributed by atoms with Crippen molar-refractivity contribution in [2.75, 3.05) is 33.9 Å². The van der Waals surface area contributed by atoms with Crippen molar-refractivity contribution in [2.24, 2.45) is 5.73 Å². The summed E-state index contributed by atoms with van der Waals surface area (Å²) < 4.78 is 4.90. The average Bonchev–Trinajstić information content (AvgIpc) is 2.89. The van der Waals surface area contributed by atoms with Crippen LogP contribution in [0.4, 0.5) is 0 Å². The highest BCUT2D eigenvalue weighted by Crippen LogP contribution is 2.21. The van der Waals surface area contributed by atoms with Crippen LogP contribution in [-0.4, -0.2) is 56.7 Å². The first-order valence-electron chi connectivity index (χ1n) is 6.87. The van der Waals surface area contributed by atoms with Crippen LogP contribution in [0.5, 0.6) is 0 Å². The molecular weight excluding hydrogens is 230 g/mol. The average molecular weight is 257 g/mol. The smallest absolute Gasteiger partial charge is 0.237 e. The maximum atomic E-state index is 11.6. The van der Waals surface area contributed by atoms with Gasteiger partial charge in [0.25, 0.3) is 0 Å². The molecule has 0 bridgehead atoms. The monoisotopic (exact) mass is 257 g/mol. The largest absolute Gasteiger partial charge is 0.385 e. The van der Waals surface area contributed by atoms with Crippen LogP contribution in [-0.2, 0) is 9.53 Å². The summed E-state index contributed by atoms with van der Waals surface area (Å²) in [7, 11) is 3.74. The molecule has 0 spiro atoms. The first-order valence-corrected chi connectivity index (χ1v) is 6.87. The molecule has 18 heavy (non-hydrogen) atoms. The topological polar surface area (TPSA) is 67.6 Å². The first kappa shape index (κ1) is 15.4. The number of carbonyl (C=O) groups is 1. The van der Waals surface area contributed by atoms with Gasteiger partial charge in [-0.2, -0.15) is 0 Å². The molecule has 1 aliphatic rings. The van der Waals surface area contributed by atoms with E-state index in [0.29, 0.717) is 25.6 Å². The highest BCUT2D eigenvalue weighted by atomic mass is 16.5. The van der Waals surface area contributed by atoms with E-state index in [0.717, 1.165) is 6.54 Å². The van der Waals surface area contributed by atoms with Crippen LogP contribution in [0.3, 0.4) is 0 Å². The van der Waals surface area contributed by atoms with Gasteiger partial charge >= 0.3 is 0 Å². The normalized spacial score (nSPS) is 18.2. The second-order valence-electron chi connectivity index (χ2n) is 5.10. The Kier molecular flexibility index (Phi) is 7.23. The second kappa shape index (κ2) is 8.45. The van der Waals surface area contributed by atoms with Crippen molar-refractivity contribution in [2.45, 2.75) is 44.2 Å². The van der Waals surface area contributed by atoms with Gasteiger partial charge in [0.05, 0.1) is 6.04 Å². The van der Waals surface area contributed by atoms with Gasteiger partial charge in [-0.25, -0.2) is 0 Å². The molecule has 0 aromatic carbocycles. The fraction of sp³-hybridized carbons (Fsp3) is 0.923. The first-order chi connectivity index (χ1) is 8.65. The highest BCUT2D eigenvalue weighted by molar-refractivity contribution is 5.81. The SMILES string of the molecule is COCCC(N)C(=O)NCCN(C)C1CCCC1. The van der Waals surface area contributed by atoms with Gasteiger partial charge < -0.3 is 20.7 Å². The minimum absolute atomic E-state index is 0.0770. The summed E-state index contributed by atoms with van der Waals surface area (Å²) in [6, 6.07) is 0.241. The zero-order valence-electron chi connectivity index (χ0n) is 11.7. The van der Waals surface area contributed by atoms with Gasteiger partial charge in [-0.3, -0.25) is 4.79 Å². The van der Waals surface area contributed by atoms with Crippen LogP contribution < -0.4 is 11.1 Å². The summed E-state index contributed by atoms with van der Waals surface area (Å²) >= 11 is 0. The van der Waals surface area contributed by atoms with Crippen LogP contribution in [0.2, 0.25) is 0 Å². The van der Waals surface area contributed by atoms with E-state index in [4.69, 9.17) is 10.5 Å². The number of hydrogen-bond donors (Lipinski definition) is 2. The van der Waals surface area contributed by atoms with E-state index in [1.165, 1.54) is 25.7 Å². The number of carbonyl (C=O) groups excluding carboxylic acids is 1. The van der Waals surface area contributed by atoms with Crippen molar-refractivity contribution >= 4 is 5.91 Å². The predicted molar refractivity (Wildman–Crippen MR) is 72.4 cm³/mol. The molecule has 0 aromatic rings. The van der Waals surface area contributed by atoms with E-state index in [2.05, 4.69) is 17.3 Å². The van der Waals surface area contributed by atoms with E-state index in [9.17, 15) is 4.79 Å². The van der Waals surface area contributed by atoms with Crippen molar-refractivity contribution in [1.82, 2.24) is 10.2 Å². The van der Waals surface area contributed by atoms with Gasteiger partial charge in [0, 0.05) is 32.8 Å². The Balaban J connectivity index is 2.10. The molecule has 5 nitrogen and oxygen atoms in total.